The van der Waals surface area contributed by atoms with Gasteiger partial charge in [0.15, 0.2) is 11.3 Å². The minimum absolute atomic E-state index is 0.656. The number of rotatable bonds is 2. The van der Waals surface area contributed by atoms with Crippen LogP contribution in [0.1, 0.15) is 11.1 Å². The monoisotopic (exact) mass is 300 g/mol. The molecule has 23 heavy (non-hydrogen) atoms. The number of hydrogen-bond donors (Lipinski definition) is 0. The first kappa shape index (κ1) is 13.6. The van der Waals surface area contributed by atoms with Crippen molar-refractivity contribution in [1.29, 1.82) is 0 Å². The Labute approximate surface area is 134 Å². The second kappa shape index (κ2) is 5.32. The van der Waals surface area contributed by atoms with Gasteiger partial charge in [-0.25, -0.2) is 15.0 Å². The van der Waals surface area contributed by atoms with E-state index in [0.717, 1.165) is 22.7 Å². The normalized spacial score (nSPS) is 11.0. The number of benzene rings is 2. The summed E-state index contributed by atoms with van der Waals surface area (Å²) >= 11 is 0. The zero-order valence-electron chi connectivity index (χ0n) is 13.1. The summed E-state index contributed by atoms with van der Waals surface area (Å²) in [5.41, 5.74) is 5.96. The fourth-order valence-corrected chi connectivity index (χ4v) is 2.65. The largest absolute Gasteiger partial charge is 0.275 e. The van der Waals surface area contributed by atoms with E-state index in [1.54, 1.807) is 12.4 Å². The molecular formula is C19H16N4. The van der Waals surface area contributed by atoms with Crippen molar-refractivity contribution in [1.82, 2.24) is 19.5 Å². The van der Waals surface area contributed by atoms with Gasteiger partial charge in [0, 0.05) is 23.6 Å². The summed E-state index contributed by atoms with van der Waals surface area (Å²) in [4.78, 5) is 13.5. The Hall–Kier alpha value is -3.01. The Bertz CT molecular complexity index is 967. The van der Waals surface area contributed by atoms with E-state index in [1.807, 2.05) is 0 Å². The van der Waals surface area contributed by atoms with Gasteiger partial charge in [0.25, 0.3) is 0 Å². The van der Waals surface area contributed by atoms with Crippen molar-refractivity contribution < 1.29 is 0 Å². The van der Waals surface area contributed by atoms with Crippen LogP contribution in [0, 0.1) is 13.8 Å². The number of nitrogens with zero attached hydrogens (tertiary/aromatic N) is 4. The molecule has 0 radical (unpaired) electrons. The van der Waals surface area contributed by atoms with E-state index < -0.39 is 0 Å². The van der Waals surface area contributed by atoms with E-state index in [2.05, 4.69) is 76.9 Å². The van der Waals surface area contributed by atoms with Gasteiger partial charge in [0.05, 0.1) is 0 Å². The summed E-state index contributed by atoms with van der Waals surface area (Å²) in [6, 6.07) is 16.7. The van der Waals surface area contributed by atoms with Crippen LogP contribution in [-0.2, 0) is 0 Å². The third-order valence-corrected chi connectivity index (χ3v) is 3.90. The minimum Gasteiger partial charge on any atom is -0.275 e. The molecule has 4 heteroatoms. The molecule has 0 aliphatic heterocycles. The Balaban J connectivity index is 2.01. The summed E-state index contributed by atoms with van der Waals surface area (Å²) in [5, 5.41) is 0. The molecule has 0 spiro atoms. The molecule has 0 fully saturated rings. The summed E-state index contributed by atoms with van der Waals surface area (Å²) < 4.78 is 2.06. The smallest absolute Gasteiger partial charge is 0.198 e. The summed E-state index contributed by atoms with van der Waals surface area (Å²) in [6.45, 7) is 4.16. The molecule has 0 saturated heterocycles. The van der Waals surface area contributed by atoms with Crippen molar-refractivity contribution >= 4 is 11.3 Å². The van der Waals surface area contributed by atoms with Crippen LogP contribution < -0.4 is 0 Å². The standard InChI is InChI=1S/C19H16N4/c1-13-3-7-15(8-4-13)18-22-17-19(21-12-11-20-17)23(18)16-9-5-14(2)6-10-16/h3-12H,1-2H3. The molecule has 4 aromatic rings. The second-order valence-corrected chi connectivity index (χ2v) is 5.68. The molecule has 112 valence electrons. The molecular weight excluding hydrogens is 284 g/mol. The molecule has 2 aromatic carbocycles. The summed E-state index contributed by atoms with van der Waals surface area (Å²) in [5.74, 6) is 0.857. The van der Waals surface area contributed by atoms with Crippen LogP contribution in [0.4, 0.5) is 0 Å². The zero-order chi connectivity index (χ0) is 15.8. The van der Waals surface area contributed by atoms with Crippen molar-refractivity contribution in [2.45, 2.75) is 13.8 Å². The van der Waals surface area contributed by atoms with Crippen molar-refractivity contribution in [3.8, 4) is 17.1 Å². The van der Waals surface area contributed by atoms with Crippen molar-refractivity contribution in [3.63, 3.8) is 0 Å². The van der Waals surface area contributed by atoms with E-state index in [-0.39, 0.29) is 0 Å². The Kier molecular flexibility index (Phi) is 3.15. The molecule has 2 aromatic heterocycles. The van der Waals surface area contributed by atoms with Gasteiger partial charge in [0.2, 0.25) is 0 Å². The van der Waals surface area contributed by atoms with Crippen molar-refractivity contribution in [2.24, 2.45) is 0 Å². The van der Waals surface area contributed by atoms with Crippen LogP contribution in [0.5, 0.6) is 0 Å². The highest BCUT2D eigenvalue weighted by atomic mass is 15.2. The molecule has 0 aliphatic carbocycles. The highest BCUT2D eigenvalue weighted by molar-refractivity contribution is 5.76. The molecule has 0 aliphatic rings. The molecule has 0 N–H and O–H groups in total. The Morgan fingerprint density at radius 1 is 0.739 bits per heavy atom. The maximum Gasteiger partial charge on any atom is 0.198 e. The van der Waals surface area contributed by atoms with Crippen LogP contribution in [-0.4, -0.2) is 19.5 Å². The quantitative estimate of drug-likeness (QED) is 0.560. The first-order chi connectivity index (χ1) is 11.2. The van der Waals surface area contributed by atoms with E-state index in [9.17, 15) is 0 Å². The lowest BCUT2D eigenvalue weighted by Crippen LogP contribution is -1.98. The molecule has 0 amide bonds. The number of aryl methyl sites for hydroxylation is 2. The summed E-state index contributed by atoms with van der Waals surface area (Å²) in [7, 11) is 0. The first-order valence-corrected chi connectivity index (χ1v) is 7.56. The SMILES string of the molecule is Cc1ccc(-c2nc3nccnc3n2-c2ccc(C)cc2)cc1. The van der Waals surface area contributed by atoms with Gasteiger partial charge in [-0.15, -0.1) is 0 Å². The maximum atomic E-state index is 4.70. The van der Waals surface area contributed by atoms with Gasteiger partial charge in [-0.05, 0) is 26.0 Å². The van der Waals surface area contributed by atoms with E-state index >= 15 is 0 Å². The minimum atomic E-state index is 0.656. The highest BCUT2D eigenvalue weighted by Gasteiger charge is 2.15. The fourth-order valence-electron chi connectivity index (χ4n) is 2.65. The third-order valence-electron chi connectivity index (χ3n) is 3.90. The fraction of sp³-hybridized carbons (Fsp3) is 0.105. The second-order valence-electron chi connectivity index (χ2n) is 5.68. The van der Waals surface area contributed by atoms with Crippen LogP contribution in [0.3, 0.4) is 0 Å². The predicted molar refractivity (Wildman–Crippen MR) is 91.6 cm³/mol. The maximum absolute atomic E-state index is 4.70. The predicted octanol–water partition coefficient (Wildman–Crippen LogP) is 4.10. The van der Waals surface area contributed by atoms with Gasteiger partial charge in [-0.1, -0.05) is 47.5 Å². The lowest BCUT2D eigenvalue weighted by molar-refractivity contribution is 1.07. The van der Waals surface area contributed by atoms with Gasteiger partial charge in [-0.3, -0.25) is 4.57 Å². The Morgan fingerprint density at radius 2 is 1.35 bits per heavy atom. The number of hydrogen-bond acceptors (Lipinski definition) is 3. The van der Waals surface area contributed by atoms with Crippen molar-refractivity contribution in [2.75, 3.05) is 0 Å². The topological polar surface area (TPSA) is 43.6 Å². The molecule has 0 unspecified atom stereocenters. The number of aromatic nitrogens is 4. The average Bonchev–Trinajstić information content (AvgIpc) is 2.96. The van der Waals surface area contributed by atoms with Gasteiger partial charge >= 0.3 is 0 Å². The van der Waals surface area contributed by atoms with Crippen LogP contribution in [0.25, 0.3) is 28.4 Å². The van der Waals surface area contributed by atoms with Crippen molar-refractivity contribution in [3.05, 3.63) is 72.1 Å². The molecule has 4 rings (SSSR count). The molecule has 2 heterocycles. The average molecular weight is 300 g/mol. The molecule has 0 bridgehead atoms. The Morgan fingerprint density at radius 3 is 2.04 bits per heavy atom. The van der Waals surface area contributed by atoms with Gasteiger partial charge in [-0.2, -0.15) is 0 Å². The lowest BCUT2D eigenvalue weighted by atomic mass is 10.1. The van der Waals surface area contributed by atoms with Crippen LogP contribution >= 0.6 is 0 Å². The lowest BCUT2D eigenvalue weighted by Gasteiger charge is -2.09. The zero-order valence-corrected chi connectivity index (χ0v) is 13.1. The van der Waals surface area contributed by atoms with Crippen LogP contribution in [0.2, 0.25) is 0 Å². The van der Waals surface area contributed by atoms with Gasteiger partial charge < -0.3 is 0 Å². The molecule has 0 saturated carbocycles. The highest BCUT2D eigenvalue weighted by Crippen LogP contribution is 2.27. The van der Waals surface area contributed by atoms with Crippen LogP contribution in [0.15, 0.2) is 60.9 Å². The third kappa shape index (κ3) is 2.38. The van der Waals surface area contributed by atoms with E-state index in [4.69, 9.17) is 4.98 Å². The van der Waals surface area contributed by atoms with E-state index in [0.29, 0.717) is 5.65 Å². The number of imidazole rings is 1. The first-order valence-electron chi connectivity index (χ1n) is 7.56. The summed E-state index contributed by atoms with van der Waals surface area (Å²) in [6.07, 6.45) is 3.38. The van der Waals surface area contributed by atoms with E-state index in [1.165, 1.54) is 11.1 Å². The molecule has 0 atom stereocenters. The number of fused-ring (bicyclic) bond motifs is 1. The molecule has 4 nitrogen and oxygen atoms in total. The van der Waals surface area contributed by atoms with Gasteiger partial charge in [0.1, 0.15) is 5.82 Å².